The second kappa shape index (κ2) is 8.06. The Morgan fingerprint density at radius 3 is 2.63 bits per heavy atom. The third-order valence-electron chi connectivity index (χ3n) is 4.33. The second-order valence-corrected chi connectivity index (χ2v) is 6.23. The summed E-state index contributed by atoms with van der Waals surface area (Å²) in [4.78, 5) is 0. The van der Waals surface area contributed by atoms with Crippen molar-refractivity contribution in [3.8, 4) is 0 Å². The zero-order valence-corrected chi connectivity index (χ0v) is 13.4. The molecule has 2 rings (SSSR count). The Kier molecular flexibility index (Phi) is 6.39. The van der Waals surface area contributed by atoms with Crippen LogP contribution in [0.25, 0.3) is 0 Å². The lowest BCUT2D eigenvalue weighted by atomic mass is 9.84. The van der Waals surface area contributed by atoms with Crippen LogP contribution in [0.3, 0.4) is 0 Å². The van der Waals surface area contributed by atoms with Crippen LogP contribution in [0.1, 0.15) is 50.5 Å². The fraction of sp³-hybridized carbons (Fsp3) is 0.647. The third kappa shape index (κ3) is 4.32. The van der Waals surface area contributed by atoms with Gasteiger partial charge in [0.2, 0.25) is 0 Å². The number of benzene rings is 1. The molecule has 1 nitrogen and oxygen atoms in total. The summed E-state index contributed by atoms with van der Waals surface area (Å²) in [6.07, 6.45) is 7.08. The molecule has 0 saturated heterocycles. The smallest absolute Gasteiger partial charge is 0.0603 e. The minimum Gasteiger partial charge on any atom is -0.377 e. The molecule has 106 valence electrons. The van der Waals surface area contributed by atoms with E-state index in [-0.39, 0.29) is 0 Å². The van der Waals surface area contributed by atoms with Gasteiger partial charge in [-0.3, -0.25) is 0 Å². The average molecular weight is 325 g/mol. The third-order valence-corrected chi connectivity index (χ3v) is 5.11. The van der Waals surface area contributed by atoms with Gasteiger partial charge in [0.15, 0.2) is 0 Å². The van der Waals surface area contributed by atoms with Crippen molar-refractivity contribution in [2.45, 2.75) is 51.0 Å². The van der Waals surface area contributed by atoms with Gasteiger partial charge in [-0.05, 0) is 24.3 Å². The van der Waals surface area contributed by atoms with Crippen LogP contribution in [0.4, 0.5) is 0 Å². The van der Waals surface area contributed by atoms with Gasteiger partial charge in [0.05, 0.1) is 12.7 Å². The highest BCUT2D eigenvalue weighted by molar-refractivity contribution is 9.09. The first kappa shape index (κ1) is 15.1. The highest BCUT2D eigenvalue weighted by atomic mass is 79.9. The van der Waals surface area contributed by atoms with Crippen molar-refractivity contribution in [1.29, 1.82) is 0 Å². The predicted octanol–water partition coefficient (Wildman–Crippen LogP) is 5.15. The standard InChI is InChI=1S/C17H25BrO/c1-2-14-8-6-7-11-17(14)19-13-16(12-18)15-9-4-3-5-10-15/h3-5,9-10,14,16-17H,2,6-8,11-13H2,1H3. The molecule has 0 radical (unpaired) electrons. The van der Waals surface area contributed by atoms with Crippen LogP contribution >= 0.6 is 15.9 Å². The lowest BCUT2D eigenvalue weighted by Crippen LogP contribution is -2.29. The van der Waals surface area contributed by atoms with E-state index in [1.54, 1.807) is 0 Å². The van der Waals surface area contributed by atoms with Crippen LogP contribution in [0.15, 0.2) is 30.3 Å². The monoisotopic (exact) mass is 324 g/mol. The Bertz CT molecular complexity index is 352. The van der Waals surface area contributed by atoms with E-state index in [0.717, 1.165) is 17.9 Å². The Morgan fingerprint density at radius 2 is 1.95 bits per heavy atom. The number of rotatable bonds is 6. The molecule has 19 heavy (non-hydrogen) atoms. The molecule has 0 spiro atoms. The number of alkyl halides is 1. The van der Waals surface area contributed by atoms with Crippen molar-refractivity contribution in [1.82, 2.24) is 0 Å². The highest BCUT2D eigenvalue weighted by Gasteiger charge is 2.25. The number of hydrogen-bond acceptors (Lipinski definition) is 1. The predicted molar refractivity (Wildman–Crippen MR) is 85.0 cm³/mol. The van der Waals surface area contributed by atoms with Crippen molar-refractivity contribution in [3.63, 3.8) is 0 Å². The van der Waals surface area contributed by atoms with Crippen molar-refractivity contribution in [2.75, 3.05) is 11.9 Å². The molecule has 0 heterocycles. The van der Waals surface area contributed by atoms with Crippen molar-refractivity contribution in [2.24, 2.45) is 5.92 Å². The van der Waals surface area contributed by atoms with Crippen molar-refractivity contribution < 1.29 is 4.74 Å². The van der Waals surface area contributed by atoms with E-state index in [1.807, 2.05) is 0 Å². The van der Waals surface area contributed by atoms with E-state index < -0.39 is 0 Å². The van der Waals surface area contributed by atoms with Gasteiger partial charge in [-0.1, -0.05) is 72.4 Å². The topological polar surface area (TPSA) is 9.23 Å². The molecule has 0 aliphatic heterocycles. The molecule has 0 aromatic heterocycles. The van der Waals surface area contributed by atoms with Crippen molar-refractivity contribution in [3.05, 3.63) is 35.9 Å². The zero-order valence-electron chi connectivity index (χ0n) is 11.9. The fourth-order valence-corrected chi connectivity index (χ4v) is 3.62. The van der Waals surface area contributed by atoms with Crippen LogP contribution < -0.4 is 0 Å². The van der Waals surface area contributed by atoms with Gasteiger partial charge in [0, 0.05) is 11.2 Å². The van der Waals surface area contributed by atoms with Crippen LogP contribution in [-0.4, -0.2) is 18.0 Å². The fourth-order valence-electron chi connectivity index (χ4n) is 3.05. The number of ether oxygens (including phenoxy) is 1. The summed E-state index contributed by atoms with van der Waals surface area (Å²) >= 11 is 3.63. The lowest BCUT2D eigenvalue weighted by molar-refractivity contribution is -0.0164. The minimum absolute atomic E-state index is 0.473. The summed E-state index contributed by atoms with van der Waals surface area (Å²) in [5, 5.41) is 0.973. The Labute approximate surface area is 125 Å². The van der Waals surface area contributed by atoms with E-state index in [4.69, 9.17) is 4.74 Å². The largest absolute Gasteiger partial charge is 0.377 e. The Hall–Kier alpha value is -0.340. The Morgan fingerprint density at radius 1 is 1.21 bits per heavy atom. The molecule has 1 aromatic carbocycles. The summed E-state index contributed by atoms with van der Waals surface area (Å²) in [5.41, 5.74) is 1.38. The molecule has 0 amide bonds. The van der Waals surface area contributed by atoms with E-state index in [0.29, 0.717) is 12.0 Å². The van der Waals surface area contributed by atoms with Gasteiger partial charge < -0.3 is 4.74 Å². The quantitative estimate of drug-likeness (QED) is 0.657. The van der Waals surface area contributed by atoms with Crippen LogP contribution in [0, 0.1) is 5.92 Å². The molecule has 0 N–H and O–H groups in total. The van der Waals surface area contributed by atoms with E-state index >= 15 is 0 Å². The molecular formula is C17H25BrO. The van der Waals surface area contributed by atoms with Gasteiger partial charge in [0.25, 0.3) is 0 Å². The van der Waals surface area contributed by atoms with Gasteiger partial charge in [-0.2, -0.15) is 0 Å². The van der Waals surface area contributed by atoms with Gasteiger partial charge in [-0.15, -0.1) is 0 Å². The molecule has 1 aliphatic carbocycles. The van der Waals surface area contributed by atoms with Crippen LogP contribution in [0.5, 0.6) is 0 Å². The number of halogens is 1. The summed E-state index contributed by atoms with van der Waals surface area (Å²) in [6.45, 7) is 3.14. The van der Waals surface area contributed by atoms with Gasteiger partial charge in [0.1, 0.15) is 0 Å². The zero-order chi connectivity index (χ0) is 13.5. The van der Waals surface area contributed by atoms with E-state index in [1.165, 1.54) is 37.7 Å². The maximum Gasteiger partial charge on any atom is 0.0603 e. The average Bonchev–Trinajstić information content (AvgIpc) is 2.49. The molecule has 1 saturated carbocycles. The lowest BCUT2D eigenvalue weighted by Gasteiger charge is -2.32. The molecule has 1 fully saturated rings. The maximum atomic E-state index is 6.26. The van der Waals surface area contributed by atoms with Crippen LogP contribution in [-0.2, 0) is 4.74 Å². The minimum atomic E-state index is 0.473. The highest BCUT2D eigenvalue weighted by Crippen LogP contribution is 2.30. The molecule has 3 unspecified atom stereocenters. The maximum absolute atomic E-state index is 6.26. The van der Waals surface area contributed by atoms with Gasteiger partial charge in [-0.25, -0.2) is 0 Å². The Balaban J connectivity index is 1.89. The summed E-state index contributed by atoms with van der Waals surface area (Å²) in [7, 11) is 0. The molecule has 0 bridgehead atoms. The normalized spacial score (nSPS) is 25.2. The second-order valence-electron chi connectivity index (χ2n) is 5.59. The first-order valence-electron chi connectivity index (χ1n) is 7.57. The molecule has 1 aliphatic rings. The first-order valence-corrected chi connectivity index (χ1v) is 8.69. The van der Waals surface area contributed by atoms with Crippen molar-refractivity contribution >= 4 is 15.9 Å². The first-order chi connectivity index (χ1) is 9.35. The number of hydrogen-bond donors (Lipinski definition) is 0. The summed E-state index contributed by atoms with van der Waals surface area (Å²) < 4.78 is 6.26. The summed E-state index contributed by atoms with van der Waals surface area (Å²) in [5.74, 6) is 1.25. The molecule has 1 aromatic rings. The van der Waals surface area contributed by atoms with Crippen LogP contribution in [0.2, 0.25) is 0 Å². The van der Waals surface area contributed by atoms with E-state index in [2.05, 4.69) is 53.2 Å². The SMILES string of the molecule is CCC1CCCCC1OCC(CBr)c1ccccc1. The van der Waals surface area contributed by atoms with E-state index in [9.17, 15) is 0 Å². The molecular weight excluding hydrogens is 300 g/mol. The van der Waals surface area contributed by atoms with Gasteiger partial charge >= 0.3 is 0 Å². The molecule has 3 atom stereocenters. The molecule has 2 heteroatoms. The summed E-state index contributed by atoms with van der Waals surface area (Å²) in [6, 6.07) is 10.7.